The van der Waals surface area contributed by atoms with E-state index in [1.165, 1.54) is 12.0 Å². The smallest absolute Gasteiger partial charge is 0.325 e. The molecule has 2 N–H and O–H groups in total. The highest BCUT2D eigenvalue weighted by Crippen LogP contribution is 2.09. The van der Waals surface area contributed by atoms with Crippen LogP contribution in [0.15, 0.2) is 0 Å². The summed E-state index contributed by atoms with van der Waals surface area (Å²) in [5.74, 6) is -5.08. The summed E-state index contributed by atoms with van der Waals surface area (Å²) in [7, 11) is 2.28. The van der Waals surface area contributed by atoms with Crippen molar-refractivity contribution in [3.05, 3.63) is 0 Å². The van der Waals surface area contributed by atoms with Crippen LogP contribution < -0.4 is 10.6 Å². The Hall–Kier alpha value is -4.04. The van der Waals surface area contributed by atoms with Crippen LogP contribution >= 0.6 is 0 Å². The van der Waals surface area contributed by atoms with Crippen LogP contribution in [0.1, 0.15) is 53.4 Å². The van der Waals surface area contributed by atoms with E-state index in [0.29, 0.717) is 0 Å². The van der Waals surface area contributed by atoms with Crippen molar-refractivity contribution in [2.45, 2.75) is 59.0 Å². The van der Waals surface area contributed by atoms with Crippen LogP contribution in [-0.4, -0.2) is 116 Å². The van der Waals surface area contributed by atoms with Crippen LogP contribution in [0.5, 0.6) is 0 Å². The van der Waals surface area contributed by atoms with Crippen molar-refractivity contribution in [3.63, 3.8) is 0 Å². The predicted octanol–water partition coefficient (Wildman–Crippen LogP) is -1.29. The van der Waals surface area contributed by atoms with E-state index in [0.717, 1.165) is 12.0 Å². The molecule has 15 heteroatoms. The van der Waals surface area contributed by atoms with Gasteiger partial charge < -0.3 is 34.6 Å². The van der Waals surface area contributed by atoms with E-state index in [-0.39, 0.29) is 38.8 Å². The molecule has 0 radical (unpaired) electrons. The lowest BCUT2D eigenvalue weighted by Gasteiger charge is -2.21. The van der Waals surface area contributed by atoms with Crippen molar-refractivity contribution in [1.82, 2.24) is 20.4 Å². The number of hydrogen-bond donors (Lipinski definition) is 2. The highest BCUT2D eigenvalue weighted by Gasteiger charge is 2.23. The van der Waals surface area contributed by atoms with E-state index in [4.69, 9.17) is 4.74 Å². The molecule has 0 unspecified atom stereocenters. The van der Waals surface area contributed by atoms with Crippen LogP contribution in [0.4, 0.5) is 0 Å². The lowest BCUT2D eigenvalue weighted by molar-refractivity contribution is -0.155. The van der Waals surface area contributed by atoms with Gasteiger partial charge in [-0.25, -0.2) is 0 Å². The Morgan fingerprint density at radius 3 is 1.70 bits per heavy atom. The molecule has 0 heterocycles. The van der Waals surface area contributed by atoms with Gasteiger partial charge in [-0.3, -0.25) is 38.4 Å². The number of ether oxygens (including phenoxy) is 3. The van der Waals surface area contributed by atoms with Gasteiger partial charge >= 0.3 is 17.9 Å². The third kappa shape index (κ3) is 16.7. The molecule has 15 nitrogen and oxygen atoms in total. The van der Waals surface area contributed by atoms with Gasteiger partial charge in [0.15, 0.2) is 5.78 Å². The van der Waals surface area contributed by atoms with Crippen molar-refractivity contribution in [3.8, 4) is 0 Å². The first kappa shape index (κ1) is 36.0. The summed E-state index contributed by atoms with van der Waals surface area (Å²) in [4.78, 5) is 98.1. The van der Waals surface area contributed by atoms with E-state index >= 15 is 0 Å². The number of ketones is 1. The number of likely N-dealkylation sites (N-methyl/N-ethyl adjacent to an activating group) is 1. The fourth-order valence-corrected chi connectivity index (χ4v) is 2.95. The van der Waals surface area contributed by atoms with Gasteiger partial charge in [-0.05, 0) is 27.7 Å². The number of nitrogens with one attached hydrogen (secondary N) is 2. The number of carbonyl (C=O) groups is 8. The number of esters is 3. The van der Waals surface area contributed by atoms with Gasteiger partial charge in [0, 0.05) is 25.8 Å². The molecule has 0 aliphatic heterocycles. The van der Waals surface area contributed by atoms with Gasteiger partial charge in [0.25, 0.3) is 0 Å². The van der Waals surface area contributed by atoms with Crippen molar-refractivity contribution < 1.29 is 52.6 Å². The molecule has 0 rings (SSSR count). The second kappa shape index (κ2) is 18.3. The van der Waals surface area contributed by atoms with E-state index < -0.39 is 79.1 Å². The average Bonchev–Trinajstić information content (AvgIpc) is 2.89. The van der Waals surface area contributed by atoms with Crippen LogP contribution in [0.25, 0.3) is 0 Å². The quantitative estimate of drug-likeness (QED) is 0.156. The first-order chi connectivity index (χ1) is 18.6. The SMILES string of the molecule is CCN(CC(=O)OC)C(=O)CCC(=O)CNC(=O)CN(CC(=O)OC)C(=O)CNC(=O)CCC(=O)OC(C)(C)C. The molecule has 0 bridgehead atoms. The van der Waals surface area contributed by atoms with Gasteiger partial charge in [-0.1, -0.05) is 0 Å². The van der Waals surface area contributed by atoms with E-state index in [9.17, 15) is 38.4 Å². The third-order valence-electron chi connectivity index (χ3n) is 5.03. The zero-order valence-corrected chi connectivity index (χ0v) is 24.0. The Kier molecular flexibility index (Phi) is 16.4. The molecular weight excluding hydrogens is 532 g/mol. The molecule has 0 fully saturated rings. The fraction of sp³-hybridized carbons (Fsp3) is 0.680. The number of amides is 4. The van der Waals surface area contributed by atoms with E-state index in [1.807, 2.05) is 0 Å². The zero-order valence-electron chi connectivity index (χ0n) is 24.0. The summed E-state index contributed by atoms with van der Waals surface area (Å²) in [5.41, 5.74) is -0.706. The zero-order chi connectivity index (χ0) is 30.9. The Bertz CT molecular complexity index is 944. The van der Waals surface area contributed by atoms with E-state index in [1.54, 1.807) is 27.7 Å². The fourth-order valence-electron chi connectivity index (χ4n) is 2.95. The minimum atomic E-state index is -0.820. The summed E-state index contributed by atoms with van der Waals surface area (Å²) in [6.07, 6.45) is -0.813. The molecule has 40 heavy (non-hydrogen) atoms. The minimum absolute atomic E-state index is 0.180. The van der Waals surface area contributed by atoms with Gasteiger partial charge in [0.1, 0.15) is 25.2 Å². The normalized spacial score (nSPS) is 10.6. The topological polar surface area (TPSA) is 195 Å². The molecule has 0 atom stereocenters. The van der Waals surface area contributed by atoms with E-state index in [2.05, 4.69) is 20.1 Å². The highest BCUT2D eigenvalue weighted by atomic mass is 16.6. The van der Waals surface area contributed by atoms with Gasteiger partial charge in [-0.2, -0.15) is 0 Å². The molecule has 0 saturated heterocycles. The minimum Gasteiger partial charge on any atom is -0.468 e. The Morgan fingerprint density at radius 1 is 0.625 bits per heavy atom. The number of nitrogens with zero attached hydrogens (tertiary/aromatic N) is 2. The molecule has 0 aliphatic rings. The highest BCUT2D eigenvalue weighted by molar-refractivity contribution is 5.93. The molecule has 0 aromatic carbocycles. The summed E-state index contributed by atoms with van der Waals surface area (Å²) >= 11 is 0. The number of rotatable bonds is 17. The molecule has 0 spiro atoms. The first-order valence-corrected chi connectivity index (χ1v) is 12.6. The molecule has 0 aliphatic carbocycles. The lowest BCUT2D eigenvalue weighted by Crippen LogP contribution is -2.48. The van der Waals surface area contributed by atoms with Gasteiger partial charge in [0.05, 0.1) is 33.7 Å². The molecule has 226 valence electrons. The molecule has 0 saturated carbocycles. The second-order valence-corrected chi connectivity index (χ2v) is 9.49. The van der Waals surface area contributed by atoms with Crippen molar-refractivity contribution in [2.75, 3.05) is 53.5 Å². The van der Waals surface area contributed by atoms with Crippen LogP contribution in [-0.2, 0) is 52.6 Å². The lowest BCUT2D eigenvalue weighted by atomic mass is 10.2. The summed E-state index contributed by atoms with van der Waals surface area (Å²) in [6.45, 7) is 4.52. The standard InChI is InChI=1S/C25H40N4O11/c1-7-28(15-23(36)38-5)20(33)10-8-17(30)12-26-19(32)14-29(16-24(37)39-6)21(34)13-27-18(31)9-11-22(35)40-25(2,3)4/h7-16H2,1-6H3,(H,26,32)(H,27,31). The number of Topliss-reactive ketones (excluding diaryl/α,β-unsaturated/α-hetero) is 1. The monoisotopic (exact) mass is 572 g/mol. The number of hydrogen-bond acceptors (Lipinski definition) is 11. The third-order valence-corrected chi connectivity index (χ3v) is 5.03. The largest absolute Gasteiger partial charge is 0.468 e. The van der Waals surface area contributed by atoms with Crippen LogP contribution in [0.3, 0.4) is 0 Å². The van der Waals surface area contributed by atoms with Crippen molar-refractivity contribution in [1.29, 1.82) is 0 Å². The van der Waals surface area contributed by atoms with Gasteiger partial charge in [-0.15, -0.1) is 0 Å². The van der Waals surface area contributed by atoms with Crippen LogP contribution in [0.2, 0.25) is 0 Å². The maximum absolute atomic E-state index is 12.6. The summed E-state index contributed by atoms with van der Waals surface area (Å²) in [6, 6.07) is 0. The number of carbonyl (C=O) groups excluding carboxylic acids is 8. The van der Waals surface area contributed by atoms with Crippen LogP contribution in [0, 0.1) is 0 Å². The van der Waals surface area contributed by atoms with Crippen molar-refractivity contribution >= 4 is 47.3 Å². The predicted molar refractivity (Wildman–Crippen MR) is 138 cm³/mol. The Labute approximate surface area is 233 Å². The van der Waals surface area contributed by atoms with Crippen molar-refractivity contribution in [2.24, 2.45) is 0 Å². The molecule has 4 amide bonds. The average molecular weight is 573 g/mol. The Morgan fingerprint density at radius 2 is 1.18 bits per heavy atom. The number of methoxy groups -OCH3 is 2. The first-order valence-electron chi connectivity index (χ1n) is 12.6. The Balaban J connectivity index is 4.76. The molecule has 0 aromatic rings. The molecular formula is C25H40N4O11. The molecule has 0 aromatic heterocycles. The maximum atomic E-state index is 12.6. The summed E-state index contributed by atoms with van der Waals surface area (Å²) in [5, 5.41) is 4.62. The van der Waals surface area contributed by atoms with Gasteiger partial charge in [0.2, 0.25) is 23.6 Å². The maximum Gasteiger partial charge on any atom is 0.325 e. The summed E-state index contributed by atoms with van der Waals surface area (Å²) < 4.78 is 14.2. The second-order valence-electron chi connectivity index (χ2n) is 9.49.